The minimum Gasteiger partial charge on any atom is -0.505 e. The average molecular weight is 282 g/mol. The van der Waals surface area contributed by atoms with Crippen molar-refractivity contribution in [2.45, 2.75) is 0 Å². The number of hydrogen-bond donors (Lipinski definition) is 3. The third-order valence-corrected chi connectivity index (χ3v) is 4.12. The van der Waals surface area contributed by atoms with Gasteiger partial charge in [0, 0.05) is 18.3 Å². The molecule has 0 bridgehead atoms. The normalized spacial score (nSPS) is 10.8. The van der Waals surface area contributed by atoms with Crippen LogP contribution >= 0.6 is 11.3 Å². The molecule has 3 aromatic rings. The van der Waals surface area contributed by atoms with E-state index in [2.05, 4.69) is 10.3 Å². The fourth-order valence-electron chi connectivity index (χ4n) is 2.06. The summed E-state index contributed by atoms with van der Waals surface area (Å²) in [5, 5.41) is 23.4. The van der Waals surface area contributed by atoms with E-state index in [1.165, 1.54) is 11.3 Å². The second-order valence-corrected chi connectivity index (χ2v) is 5.36. The van der Waals surface area contributed by atoms with E-state index in [0.717, 1.165) is 21.0 Å². The van der Waals surface area contributed by atoms with Crippen LogP contribution in [0.1, 0.15) is 0 Å². The molecule has 3 rings (SSSR count). The van der Waals surface area contributed by atoms with Crippen molar-refractivity contribution < 1.29 is 10.2 Å². The largest absolute Gasteiger partial charge is 0.505 e. The van der Waals surface area contributed by atoms with Gasteiger partial charge < -0.3 is 15.5 Å². The van der Waals surface area contributed by atoms with E-state index >= 15 is 0 Å². The molecule has 0 unspecified atom stereocenters. The number of rotatable bonds is 2. The lowest BCUT2D eigenvalue weighted by molar-refractivity contribution is 0.410. The minimum absolute atomic E-state index is 0.145. The first-order valence-corrected chi connectivity index (χ1v) is 6.81. The Balaban J connectivity index is 2.26. The van der Waals surface area contributed by atoms with Gasteiger partial charge in [0.2, 0.25) is 0 Å². The zero-order chi connectivity index (χ0) is 14.3. The first-order chi connectivity index (χ1) is 9.61. The predicted molar refractivity (Wildman–Crippen MR) is 83.3 cm³/mol. The lowest BCUT2D eigenvalue weighted by Gasteiger charge is -2.04. The maximum Gasteiger partial charge on any atom is 0.184 e. The molecule has 6 heteroatoms. The number of nitrogens with one attached hydrogen (secondary N) is 1. The van der Waals surface area contributed by atoms with Gasteiger partial charge in [0.05, 0.1) is 4.70 Å². The quantitative estimate of drug-likeness (QED) is 0.498. The van der Waals surface area contributed by atoms with Crippen LogP contribution in [0.15, 0.2) is 30.3 Å². The summed E-state index contributed by atoms with van der Waals surface area (Å²) in [6.45, 7) is 0. The third-order valence-electron chi connectivity index (χ3n) is 3.09. The van der Waals surface area contributed by atoms with Gasteiger partial charge in [0.25, 0.3) is 0 Å². The van der Waals surface area contributed by atoms with Gasteiger partial charge in [-0.25, -0.2) is 4.98 Å². The molecule has 0 saturated carbocycles. The Labute approximate surface area is 121 Å². The Kier molecular flexibility index (Phi) is 3.02. The van der Waals surface area contributed by atoms with Gasteiger partial charge in [0.15, 0.2) is 11.5 Å². The SMILES string of the molecule is [B]c1cc2sc(-c3ccccc3NC)nc2c(O)c1O. The highest BCUT2D eigenvalue weighted by Crippen LogP contribution is 2.39. The number of phenols is 2. The van der Waals surface area contributed by atoms with E-state index in [1.54, 1.807) is 6.07 Å². The van der Waals surface area contributed by atoms with Gasteiger partial charge in [-0.1, -0.05) is 17.6 Å². The first-order valence-electron chi connectivity index (χ1n) is 6.00. The molecular formula is C14H11BN2O2S. The minimum atomic E-state index is -0.323. The zero-order valence-corrected chi connectivity index (χ0v) is 11.5. The lowest BCUT2D eigenvalue weighted by Crippen LogP contribution is -2.01. The fraction of sp³-hybridized carbons (Fsp3) is 0.0714. The number of aromatic nitrogens is 1. The van der Waals surface area contributed by atoms with Gasteiger partial charge in [-0.05, 0) is 18.2 Å². The number of anilines is 1. The van der Waals surface area contributed by atoms with E-state index in [4.69, 9.17) is 7.85 Å². The van der Waals surface area contributed by atoms with E-state index < -0.39 is 0 Å². The van der Waals surface area contributed by atoms with Crippen molar-refractivity contribution >= 4 is 40.5 Å². The van der Waals surface area contributed by atoms with E-state index in [-0.39, 0.29) is 17.0 Å². The molecule has 0 atom stereocenters. The molecule has 0 aliphatic heterocycles. The number of phenolic OH excluding ortho intramolecular Hbond substituents is 2. The summed E-state index contributed by atoms with van der Waals surface area (Å²) in [4.78, 5) is 4.41. The maximum atomic E-state index is 9.92. The van der Waals surface area contributed by atoms with Crippen LogP contribution in [-0.2, 0) is 0 Å². The molecule has 0 saturated heterocycles. The van der Waals surface area contributed by atoms with Crippen LogP contribution < -0.4 is 10.8 Å². The summed E-state index contributed by atoms with van der Waals surface area (Å²) in [6, 6.07) is 9.38. The Bertz CT molecular complexity index is 801. The Morgan fingerprint density at radius 1 is 1.20 bits per heavy atom. The molecule has 2 aromatic carbocycles. The van der Waals surface area contributed by atoms with Gasteiger partial charge in [-0.2, -0.15) is 0 Å². The van der Waals surface area contributed by atoms with Crippen molar-refractivity contribution in [3.8, 4) is 22.1 Å². The van der Waals surface area contributed by atoms with Gasteiger partial charge in [0.1, 0.15) is 18.4 Å². The number of benzene rings is 2. The molecule has 3 N–H and O–H groups in total. The van der Waals surface area contributed by atoms with Crippen molar-refractivity contribution in [3.63, 3.8) is 0 Å². The summed E-state index contributed by atoms with van der Waals surface area (Å²) in [5.41, 5.74) is 2.40. The van der Waals surface area contributed by atoms with Crippen molar-refractivity contribution in [2.75, 3.05) is 12.4 Å². The number of para-hydroxylation sites is 1. The van der Waals surface area contributed by atoms with Crippen molar-refractivity contribution in [3.05, 3.63) is 30.3 Å². The average Bonchev–Trinajstić information content (AvgIpc) is 2.88. The van der Waals surface area contributed by atoms with Crippen LogP contribution in [0, 0.1) is 0 Å². The summed E-state index contributed by atoms with van der Waals surface area (Å²) < 4.78 is 0.735. The van der Waals surface area contributed by atoms with E-state index in [9.17, 15) is 10.2 Å². The molecule has 1 aromatic heterocycles. The molecule has 98 valence electrons. The Morgan fingerprint density at radius 3 is 2.70 bits per heavy atom. The molecule has 0 aliphatic carbocycles. The van der Waals surface area contributed by atoms with Crippen molar-refractivity contribution in [2.24, 2.45) is 0 Å². The number of hydrogen-bond acceptors (Lipinski definition) is 5. The predicted octanol–water partition coefficient (Wildman–Crippen LogP) is 2.21. The second-order valence-electron chi connectivity index (χ2n) is 4.32. The topological polar surface area (TPSA) is 65.4 Å². The molecule has 0 fully saturated rings. The number of nitrogens with zero attached hydrogens (tertiary/aromatic N) is 1. The smallest absolute Gasteiger partial charge is 0.184 e. The monoisotopic (exact) mass is 282 g/mol. The summed E-state index contributed by atoms with van der Waals surface area (Å²) in [7, 11) is 7.49. The number of aromatic hydroxyl groups is 2. The summed E-state index contributed by atoms with van der Waals surface area (Å²) in [6.07, 6.45) is 0. The van der Waals surface area contributed by atoms with Crippen LogP contribution in [0.5, 0.6) is 11.5 Å². The Morgan fingerprint density at radius 2 is 1.95 bits per heavy atom. The number of thiazole rings is 1. The molecular weight excluding hydrogens is 271 g/mol. The first kappa shape index (κ1) is 12.8. The molecule has 20 heavy (non-hydrogen) atoms. The zero-order valence-electron chi connectivity index (χ0n) is 10.7. The molecule has 2 radical (unpaired) electrons. The maximum absolute atomic E-state index is 9.92. The van der Waals surface area contributed by atoms with Crippen molar-refractivity contribution in [1.29, 1.82) is 0 Å². The molecule has 0 aliphatic rings. The third kappa shape index (κ3) is 1.89. The highest BCUT2D eigenvalue weighted by atomic mass is 32.1. The van der Waals surface area contributed by atoms with Crippen LogP contribution in [0.3, 0.4) is 0 Å². The highest BCUT2D eigenvalue weighted by Gasteiger charge is 2.15. The van der Waals surface area contributed by atoms with Crippen LogP contribution in [0.4, 0.5) is 5.69 Å². The molecule has 0 amide bonds. The van der Waals surface area contributed by atoms with Gasteiger partial charge in [-0.3, -0.25) is 0 Å². The van der Waals surface area contributed by atoms with Crippen LogP contribution in [0.25, 0.3) is 20.8 Å². The fourth-order valence-corrected chi connectivity index (χ4v) is 3.12. The molecule has 1 heterocycles. The van der Waals surface area contributed by atoms with Crippen LogP contribution in [-0.4, -0.2) is 30.1 Å². The van der Waals surface area contributed by atoms with E-state index in [1.807, 2.05) is 31.3 Å². The number of fused-ring (bicyclic) bond motifs is 1. The lowest BCUT2D eigenvalue weighted by atomic mass is 9.94. The molecule has 4 nitrogen and oxygen atoms in total. The Hall–Kier alpha value is -2.21. The summed E-state index contributed by atoms with van der Waals surface area (Å²) >= 11 is 1.41. The van der Waals surface area contributed by atoms with Crippen LogP contribution in [0.2, 0.25) is 0 Å². The summed E-state index contributed by atoms with van der Waals surface area (Å²) in [5.74, 6) is -0.597. The highest BCUT2D eigenvalue weighted by molar-refractivity contribution is 7.21. The van der Waals surface area contributed by atoms with Crippen molar-refractivity contribution in [1.82, 2.24) is 4.98 Å². The second kappa shape index (κ2) is 4.72. The van der Waals surface area contributed by atoms with Gasteiger partial charge in [-0.15, -0.1) is 11.3 Å². The van der Waals surface area contributed by atoms with E-state index in [0.29, 0.717) is 5.52 Å². The van der Waals surface area contributed by atoms with Gasteiger partial charge >= 0.3 is 0 Å². The standard InChI is InChI=1S/C14H11BN2O2S/c1-16-9-5-3-2-4-7(9)14-17-11-10(20-14)6-8(15)12(18)13(11)19/h2-6,16,18-19H,1H3. The molecule has 0 spiro atoms.